The molecule has 0 atom stereocenters. The molecule has 0 fully saturated rings. The summed E-state index contributed by atoms with van der Waals surface area (Å²) < 4.78 is 0. The number of thiazole rings is 1. The number of nitrogen functional groups attached to an aromatic ring is 1. The molecule has 1 aromatic heterocycles. The summed E-state index contributed by atoms with van der Waals surface area (Å²) in [5.74, 6) is 2.12. The standard InChI is InChI=1S/C8H15N3S2/c1-11(2)3-4-12-5-7-6-13-8(9)10-7/h6H,3-5H2,1-2H3,(H2,9,10). The zero-order chi connectivity index (χ0) is 9.68. The van der Waals surface area contributed by atoms with Crippen LogP contribution in [0, 0.1) is 0 Å². The van der Waals surface area contributed by atoms with Gasteiger partial charge in [0.15, 0.2) is 5.13 Å². The van der Waals surface area contributed by atoms with Gasteiger partial charge in [0.25, 0.3) is 0 Å². The molecular weight excluding hydrogens is 202 g/mol. The van der Waals surface area contributed by atoms with Crippen LogP contribution in [0.5, 0.6) is 0 Å². The Morgan fingerprint density at radius 3 is 2.92 bits per heavy atom. The summed E-state index contributed by atoms with van der Waals surface area (Å²) in [6.45, 7) is 1.12. The van der Waals surface area contributed by atoms with Gasteiger partial charge in [-0.15, -0.1) is 11.3 Å². The number of nitrogens with zero attached hydrogens (tertiary/aromatic N) is 2. The van der Waals surface area contributed by atoms with Crippen LogP contribution in [0.25, 0.3) is 0 Å². The molecule has 0 amide bonds. The lowest BCUT2D eigenvalue weighted by Crippen LogP contribution is -2.14. The summed E-state index contributed by atoms with van der Waals surface area (Å²) in [5.41, 5.74) is 6.62. The zero-order valence-electron chi connectivity index (χ0n) is 7.99. The second kappa shape index (κ2) is 5.47. The maximum Gasteiger partial charge on any atom is 0.180 e. The van der Waals surface area contributed by atoms with Crippen LogP contribution in [-0.4, -0.2) is 36.3 Å². The third-order valence-electron chi connectivity index (χ3n) is 1.50. The van der Waals surface area contributed by atoms with E-state index in [1.54, 1.807) is 0 Å². The number of thioether (sulfide) groups is 1. The van der Waals surface area contributed by atoms with Gasteiger partial charge in [0.2, 0.25) is 0 Å². The van der Waals surface area contributed by atoms with Crippen molar-refractivity contribution in [1.29, 1.82) is 0 Å². The Bertz CT molecular complexity index is 247. The van der Waals surface area contributed by atoms with Crippen molar-refractivity contribution >= 4 is 28.2 Å². The van der Waals surface area contributed by atoms with E-state index in [9.17, 15) is 0 Å². The summed E-state index contributed by atoms with van der Waals surface area (Å²) in [7, 11) is 4.17. The molecule has 1 rings (SSSR count). The van der Waals surface area contributed by atoms with E-state index in [4.69, 9.17) is 5.73 Å². The predicted octanol–water partition coefficient (Wildman–Crippen LogP) is 1.52. The van der Waals surface area contributed by atoms with Crippen molar-refractivity contribution in [3.05, 3.63) is 11.1 Å². The van der Waals surface area contributed by atoms with E-state index in [2.05, 4.69) is 24.0 Å². The van der Waals surface area contributed by atoms with E-state index >= 15 is 0 Å². The summed E-state index contributed by atoms with van der Waals surface area (Å²) >= 11 is 3.41. The largest absolute Gasteiger partial charge is 0.375 e. The Morgan fingerprint density at radius 1 is 1.62 bits per heavy atom. The fraction of sp³-hybridized carbons (Fsp3) is 0.625. The van der Waals surface area contributed by atoms with Gasteiger partial charge in [0.05, 0.1) is 5.69 Å². The molecule has 2 N–H and O–H groups in total. The van der Waals surface area contributed by atoms with Crippen molar-refractivity contribution in [3.63, 3.8) is 0 Å². The van der Waals surface area contributed by atoms with Crippen LogP contribution in [0.2, 0.25) is 0 Å². The number of rotatable bonds is 5. The SMILES string of the molecule is CN(C)CCSCc1csc(N)n1. The minimum atomic E-state index is 0.670. The van der Waals surface area contributed by atoms with Crippen molar-refractivity contribution in [2.75, 3.05) is 32.1 Å². The molecule has 1 heterocycles. The molecule has 74 valence electrons. The second-order valence-corrected chi connectivity index (χ2v) is 5.03. The highest BCUT2D eigenvalue weighted by atomic mass is 32.2. The average Bonchev–Trinajstić information content (AvgIpc) is 2.45. The van der Waals surface area contributed by atoms with Crippen molar-refractivity contribution in [1.82, 2.24) is 9.88 Å². The van der Waals surface area contributed by atoms with Gasteiger partial charge in [0.1, 0.15) is 0 Å². The lowest BCUT2D eigenvalue weighted by atomic mass is 10.6. The predicted molar refractivity (Wildman–Crippen MR) is 61.2 cm³/mol. The van der Waals surface area contributed by atoms with E-state index < -0.39 is 0 Å². The smallest absolute Gasteiger partial charge is 0.180 e. The van der Waals surface area contributed by atoms with E-state index in [1.807, 2.05) is 17.1 Å². The molecule has 0 saturated carbocycles. The second-order valence-electron chi connectivity index (χ2n) is 3.03. The topological polar surface area (TPSA) is 42.1 Å². The van der Waals surface area contributed by atoms with Crippen molar-refractivity contribution in [3.8, 4) is 0 Å². The highest BCUT2D eigenvalue weighted by Crippen LogP contribution is 2.16. The molecule has 0 radical (unpaired) electrons. The van der Waals surface area contributed by atoms with Crippen LogP contribution in [0.3, 0.4) is 0 Å². The van der Waals surface area contributed by atoms with E-state index in [0.717, 1.165) is 23.7 Å². The number of hydrogen-bond donors (Lipinski definition) is 1. The monoisotopic (exact) mass is 217 g/mol. The molecule has 1 aromatic rings. The van der Waals surface area contributed by atoms with Crippen LogP contribution in [0.1, 0.15) is 5.69 Å². The van der Waals surface area contributed by atoms with Crippen LogP contribution < -0.4 is 5.73 Å². The minimum absolute atomic E-state index is 0.670. The molecule has 0 unspecified atom stereocenters. The Balaban J connectivity index is 2.13. The number of nitrogens with two attached hydrogens (primary N) is 1. The number of hydrogen-bond acceptors (Lipinski definition) is 5. The van der Waals surface area contributed by atoms with Crippen molar-refractivity contribution in [2.24, 2.45) is 0 Å². The number of anilines is 1. The van der Waals surface area contributed by atoms with Gasteiger partial charge in [-0.05, 0) is 14.1 Å². The molecule has 0 spiro atoms. The first-order chi connectivity index (χ1) is 6.18. The highest BCUT2D eigenvalue weighted by Gasteiger charge is 1.98. The third kappa shape index (κ3) is 4.50. The molecule has 13 heavy (non-hydrogen) atoms. The van der Waals surface area contributed by atoms with Gasteiger partial charge in [-0.2, -0.15) is 11.8 Å². The summed E-state index contributed by atoms with van der Waals surface area (Å²) in [6, 6.07) is 0. The Kier molecular flexibility index (Phi) is 4.55. The molecule has 0 saturated heterocycles. The van der Waals surface area contributed by atoms with E-state index in [-0.39, 0.29) is 0 Å². The van der Waals surface area contributed by atoms with Crippen molar-refractivity contribution < 1.29 is 0 Å². The van der Waals surface area contributed by atoms with Crippen LogP contribution >= 0.6 is 23.1 Å². The summed E-state index contributed by atoms with van der Waals surface area (Å²) in [5, 5.41) is 2.70. The first-order valence-electron chi connectivity index (χ1n) is 4.11. The van der Waals surface area contributed by atoms with Crippen LogP contribution in [-0.2, 0) is 5.75 Å². The molecule has 5 heteroatoms. The Hall–Kier alpha value is -0.260. The first-order valence-corrected chi connectivity index (χ1v) is 6.14. The fourth-order valence-corrected chi connectivity index (χ4v) is 2.48. The lowest BCUT2D eigenvalue weighted by molar-refractivity contribution is 0.437. The summed E-state index contributed by atoms with van der Waals surface area (Å²) in [4.78, 5) is 6.37. The third-order valence-corrected chi connectivity index (χ3v) is 3.20. The molecule has 0 bridgehead atoms. The minimum Gasteiger partial charge on any atom is -0.375 e. The highest BCUT2D eigenvalue weighted by molar-refractivity contribution is 7.98. The Morgan fingerprint density at radius 2 is 2.38 bits per heavy atom. The quantitative estimate of drug-likeness (QED) is 0.759. The average molecular weight is 217 g/mol. The van der Waals surface area contributed by atoms with Crippen molar-refractivity contribution in [2.45, 2.75) is 5.75 Å². The number of aromatic nitrogens is 1. The molecular formula is C8H15N3S2. The van der Waals surface area contributed by atoms with Gasteiger partial charge in [-0.1, -0.05) is 0 Å². The van der Waals surface area contributed by atoms with Gasteiger partial charge in [-0.3, -0.25) is 0 Å². The van der Waals surface area contributed by atoms with Crippen LogP contribution in [0.15, 0.2) is 5.38 Å². The maximum atomic E-state index is 5.52. The molecule has 0 aromatic carbocycles. The van der Waals surface area contributed by atoms with E-state index in [1.165, 1.54) is 11.3 Å². The zero-order valence-corrected chi connectivity index (χ0v) is 9.62. The fourth-order valence-electron chi connectivity index (χ4n) is 0.813. The first kappa shape index (κ1) is 10.8. The lowest BCUT2D eigenvalue weighted by Gasteiger charge is -2.07. The van der Waals surface area contributed by atoms with Gasteiger partial charge < -0.3 is 10.6 Å². The molecule has 3 nitrogen and oxygen atoms in total. The van der Waals surface area contributed by atoms with Gasteiger partial charge in [0, 0.05) is 23.4 Å². The molecule has 0 aliphatic rings. The normalized spacial score (nSPS) is 11.0. The van der Waals surface area contributed by atoms with Crippen LogP contribution in [0.4, 0.5) is 5.13 Å². The Labute approximate surface area is 87.3 Å². The van der Waals surface area contributed by atoms with Gasteiger partial charge >= 0.3 is 0 Å². The molecule has 0 aliphatic heterocycles. The van der Waals surface area contributed by atoms with Gasteiger partial charge in [-0.25, -0.2) is 4.98 Å². The summed E-state index contributed by atoms with van der Waals surface area (Å²) in [6.07, 6.45) is 0. The van der Waals surface area contributed by atoms with E-state index in [0.29, 0.717) is 5.13 Å². The maximum absolute atomic E-state index is 5.52. The molecule has 0 aliphatic carbocycles.